The van der Waals surface area contributed by atoms with Crippen LogP contribution in [-0.2, 0) is 7.05 Å². The second-order valence-corrected chi connectivity index (χ2v) is 5.04. The van der Waals surface area contributed by atoms with Gasteiger partial charge >= 0.3 is 5.97 Å². The van der Waals surface area contributed by atoms with Gasteiger partial charge in [0.25, 0.3) is 0 Å². The van der Waals surface area contributed by atoms with E-state index in [4.69, 9.17) is 16.7 Å². The van der Waals surface area contributed by atoms with Crippen LogP contribution in [0.2, 0.25) is 5.02 Å². The molecule has 1 aromatic heterocycles. The smallest absolute Gasteiger partial charge is 0.335 e. The number of fused-ring (bicyclic) bond motifs is 1. The lowest BCUT2D eigenvalue weighted by atomic mass is 10.2. The van der Waals surface area contributed by atoms with Crippen molar-refractivity contribution in [2.75, 3.05) is 0 Å². The van der Waals surface area contributed by atoms with Crippen LogP contribution in [0.25, 0.3) is 22.4 Å². The minimum absolute atomic E-state index is 0.0192. The summed E-state index contributed by atoms with van der Waals surface area (Å²) in [6, 6.07) is 9.08. The number of carbonyl (C=O) groups is 1. The zero-order chi connectivity index (χ0) is 15.1. The van der Waals surface area contributed by atoms with Crippen LogP contribution >= 0.6 is 11.6 Å². The van der Waals surface area contributed by atoms with Gasteiger partial charge in [-0.3, -0.25) is 0 Å². The molecule has 0 unspecified atom stereocenters. The molecule has 21 heavy (non-hydrogen) atoms. The van der Waals surface area contributed by atoms with Gasteiger partial charge in [-0.1, -0.05) is 11.6 Å². The number of imidazole rings is 1. The first-order valence-electron chi connectivity index (χ1n) is 6.12. The van der Waals surface area contributed by atoms with Crippen LogP contribution in [0, 0.1) is 5.82 Å². The number of rotatable bonds is 2. The summed E-state index contributed by atoms with van der Waals surface area (Å²) < 4.78 is 15.0. The molecule has 0 bridgehead atoms. The molecule has 1 heterocycles. The van der Waals surface area contributed by atoms with Crippen molar-refractivity contribution in [3.05, 3.63) is 52.8 Å². The van der Waals surface area contributed by atoms with Crippen LogP contribution in [0.1, 0.15) is 10.4 Å². The van der Waals surface area contributed by atoms with Crippen molar-refractivity contribution >= 4 is 28.6 Å². The second kappa shape index (κ2) is 4.86. The molecule has 0 aliphatic carbocycles. The molecule has 3 rings (SSSR count). The van der Waals surface area contributed by atoms with E-state index in [0.717, 1.165) is 5.52 Å². The Labute approximate surface area is 124 Å². The Balaban J connectivity index is 2.21. The van der Waals surface area contributed by atoms with Gasteiger partial charge in [0, 0.05) is 12.6 Å². The molecule has 2 aromatic carbocycles. The molecule has 6 heteroatoms. The number of aryl methyl sites for hydroxylation is 1. The highest BCUT2D eigenvalue weighted by molar-refractivity contribution is 6.31. The monoisotopic (exact) mass is 304 g/mol. The maximum atomic E-state index is 13.2. The number of aromatic carboxylic acids is 1. The Bertz CT molecular complexity index is 873. The molecule has 0 aliphatic heterocycles. The predicted molar refractivity (Wildman–Crippen MR) is 78.1 cm³/mol. The Morgan fingerprint density at radius 1 is 1.29 bits per heavy atom. The Hall–Kier alpha value is -2.40. The van der Waals surface area contributed by atoms with Gasteiger partial charge in [0.15, 0.2) is 0 Å². The first kappa shape index (κ1) is 13.6. The molecule has 0 fully saturated rings. The van der Waals surface area contributed by atoms with Crippen LogP contribution in [0.15, 0.2) is 36.4 Å². The summed E-state index contributed by atoms with van der Waals surface area (Å²) in [6.07, 6.45) is 0. The molecule has 106 valence electrons. The van der Waals surface area contributed by atoms with Crippen LogP contribution in [-0.4, -0.2) is 20.6 Å². The van der Waals surface area contributed by atoms with Gasteiger partial charge in [-0.15, -0.1) is 0 Å². The molecule has 1 N–H and O–H groups in total. The quantitative estimate of drug-likeness (QED) is 0.785. The molecule has 0 saturated carbocycles. The highest BCUT2D eigenvalue weighted by Crippen LogP contribution is 2.27. The highest BCUT2D eigenvalue weighted by Gasteiger charge is 2.13. The summed E-state index contributed by atoms with van der Waals surface area (Å²) in [5.41, 5.74) is 2.18. The largest absolute Gasteiger partial charge is 0.478 e. The minimum Gasteiger partial charge on any atom is -0.478 e. The molecule has 3 aromatic rings. The number of halogens is 2. The third kappa shape index (κ3) is 2.25. The number of hydrogen-bond acceptors (Lipinski definition) is 2. The predicted octanol–water partition coefficient (Wildman–Crippen LogP) is 3.73. The van der Waals surface area contributed by atoms with Crippen LogP contribution < -0.4 is 0 Å². The SMILES string of the molecule is Cn1c(-c2ccc(F)c(Cl)c2)nc2cc(C(=O)O)ccc21. The number of hydrogen-bond donors (Lipinski definition) is 1. The standard InChI is InChI=1S/C15H10ClFN2O2/c1-19-13-5-3-9(15(20)21)7-12(13)18-14(19)8-2-4-11(17)10(16)6-8/h2-7H,1H3,(H,20,21). The summed E-state index contributed by atoms with van der Waals surface area (Å²) in [4.78, 5) is 15.4. The number of nitrogens with zero attached hydrogens (tertiary/aromatic N) is 2. The number of carboxylic acids is 1. The molecule has 0 aliphatic rings. The maximum Gasteiger partial charge on any atom is 0.335 e. The van der Waals surface area contributed by atoms with E-state index < -0.39 is 11.8 Å². The highest BCUT2D eigenvalue weighted by atomic mass is 35.5. The molecular formula is C15H10ClFN2O2. The lowest BCUT2D eigenvalue weighted by Gasteiger charge is -2.03. The average Bonchev–Trinajstić information content (AvgIpc) is 2.78. The van der Waals surface area contributed by atoms with Gasteiger partial charge in [-0.25, -0.2) is 14.2 Å². The van der Waals surface area contributed by atoms with Crippen molar-refractivity contribution in [1.29, 1.82) is 0 Å². The second-order valence-electron chi connectivity index (χ2n) is 4.63. The maximum absolute atomic E-state index is 13.2. The summed E-state index contributed by atoms with van der Waals surface area (Å²) in [5, 5.41) is 9.03. The summed E-state index contributed by atoms with van der Waals surface area (Å²) in [6.45, 7) is 0. The van der Waals surface area contributed by atoms with Crippen molar-refractivity contribution in [2.24, 2.45) is 7.05 Å². The first-order valence-corrected chi connectivity index (χ1v) is 6.50. The molecular weight excluding hydrogens is 295 g/mol. The van der Waals surface area contributed by atoms with Gasteiger partial charge in [-0.2, -0.15) is 0 Å². The van der Waals surface area contributed by atoms with Crippen molar-refractivity contribution in [2.45, 2.75) is 0 Å². The normalized spacial score (nSPS) is 11.0. The lowest BCUT2D eigenvalue weighted by molar-refractivity contribution is 0.0697. The van der Waals surface area contributed by atoms with Crippen LogP contribution in [0.5, 0.6) is 0 Å². The fourth-order valence-electron chi connectivity index (χ4n) is 2.23. The Morgan fingerprint density at radius 2 is 2.05 bits per heavy atom. The van der Waals surface area contributed by atoms with E-state index in [9.17, 15) is 9.18 Å². The van der Waals surface area contributed by atoms with E-state index in [-0.39, 0.29) is 10.6 Å². The molecule has 0 spiro atoms. The van der Waals surface area contributed by atoms with E-state index in [1.807, 2.05) is 11.6 Å². The Morgan fingerprint density at radius 3 is 2.71 bits per heavy atom. The zero-order valence-electron chi connectivity index (χ0n) is 11.0. The lowest BCUT2D eigenvalue weighted by Crippen LogP contribution is -1.96. The number of aromatic nitrogens is 2. The first-order chi connectivity index (χ1) is 9.97. The third-order valence-electron chi connectivity index (χ3n) is 3.31. The van der Waals surface area contributed by atoms with Gasteiger partial charge in [0.2, 0.25) is 0 Å². The molecule has 0 atom stereocenters. The van der Waals surface area contributed by atoms with Crippen molar-refractivity contribution in [1.82, 2.24) is 9.55 Å². The molecule has 0 saturated heterocycles. The van der Waals surface area contributed by atoms with E-state index in [1.165, 1.54) is 24.3 Å². The molecule has 0 radical (unpaired) electrons. The van der Waals surface area contributed by atoms with Crippen LogP contribution in [0.3, 0.4) is 0 Å². The van der Waals surface area contributed by atoms with Crippen LogP contribution in [0.4, 0.5) is 4.39 Å². The van der Waals surface area contributed by atoms with Gasteiger partial charge < -0.3 is 9.67 Å². The summed E-state index contributed by atoms with van der Waals surface area (Å²) >= 11 is 5.79. The van der Waals surface area contributed by atoms with Crippen molar-refractivity contribution in [3.63, 3.8) is 0 Å². The number of benzene rings is 2. The summed E-state index contributed by atoms with van der Waals surface area (Å²) in [7, 11) is 1.81. The average molecular weight is 305 g/mol. The van der Waals surface area contributed by atoms with Gasteiger partial charge in [0.1, 0.15) is 11.6 Å². The van der Waals surface area contributed by atoms with E-state index in [1.54, 1.807) is 12.1 Å². The summed E-state index contributed by atoms with van der Waals surface area (Å²) in [5.74, 6) is -0.907. The van der Waals surface area contributed by atoms with E-state index in [2.05, 4.69) is 4.98 Å². The molecule has 0 amide bonds. The van der Waals surface area contributed by atoms with Gasteiger partial charge in [0.05, 0.1) is 21.6 Å². The van der Waals surface area contributed by atoms with Gasteiger partial charge in [-0.05, 0) is 36.4 Å². The molecule has 4 nitrogen and oxygen atoms in total. The zero-order valence-corrected chi connectivity index (χ0v) is 11.7. The topological polar surface area (TPSA) is 55.1 Å². The van der Waals surface area contributed by atoms with Crippen molar-refractivity contribution in [3.8, 4) is 11.4 Å². The minimum atomic E-state index is -1.01. The fraction of sp³-hybridized carbons (Fsp3) is 0.0667. The van der Waals surface area contributed by atoms with Crippen molar-refractivity contribution < 1.29 is 14.3 Å². The fourth-order valence-corrected chi connectivity index (χ4v) is 2.41. The van der Waals surface area contributed by atoms with E-state index in [0.29, 0.717) is 16.9 Å². The van der Waals surface area contributed by atoms with E-state index >= 15 is 0 Å². The third-order valence-corrected chi connectivity index (χ3v) is 3.60. The number of carboxylic acid groups (broad SMARTS) is 1. The Kier molecular flexibility index (Phi) is 3.14.